The maximum absolute atomic E-state index is 12.8. The standard InChI is InChI=1S/C18H28N4O5/c1-4-8-22-15(19)14(16(24)20(3)18(22)26)13(23)11-21-9-6-7-12(10-21)17(25)27-5-2/h12H,4-11,19H2,1-3H3. The molecule has 2 rings (SSSR count). The van der Waals surface area contributed by atoms with Gasteiger partial charge in [-0.3, -0.25) is 28.4 Å². The van der Waals surface area contributed by atoms with Gasteiger partial charge in [-0.15, -0.1) is 0 Å². The van der Waals surface area contributed by atoms with Crippen molar-refractivity contribution in [1.29, 1.82) is 0 Å². The molecule has 2 N–H and O–H groups in total. The summed E-state index contributed by atoms with van der Waals surface area (Å²) in [6.45, 7) is 5.30. The van der Waals surface area contributed by atoms with Crippen molar-refractivity contribution in [2.75, 3.05) is 32.0 Å². The van der Waals surface area contributed by atoms with Gasteiger partial charge >= 0.3 is 11.7 Å². The fraction of sp³-hybridized carbons (Fsp3) is 0.667. The zero-order valence-corrected chi connectivity index (χ0v) is 16.2. The molecular formula is C18H28N4O5. The SMILES string of the molecule is CCCn1c(N)c(C(=O)CN2CCCC(C(=O)OCC)C2)c(=O)n(C)c1=O. The average molecular weight is 380 g/mol. The third-order valence-corrected chi connectivity index (χ3v) is 4.80. The Kier molecular flexibility index (Phi) is 6.95. The van der Waals surface area contributed by atoms with Crippen molar-refractivity contribution in [3.63, 3.8) is 0 Å². The lowest BCUT2D eigenvalue weighted by atomic mass is 9.97. The molecule has 2 heterocycles. The van der Waals surface area contributed by atoms with Crippen LogP contribution in [0.2, 0.25) is 0 Å². The first kappa shape index (κ1) is 20.9. The number of esters is 1. The Morgan fingerprint density at radius 2 is 1.96 bits per heavy atom. The number of carbonyl (C=O) groups excluding carboxylic acids is 2. The summed E-state index contributed by atoms with van der Waals surface area (Å²) in [6.07, 6.45) is 2.12. The van der Waals surface area contributed by atoms with Crippen molar-refractivity contribution < 1.29 is 14.3 Å². The normalized spacial score (nSPS) is 17.7. The van der Waals surface area contributed by atoms with Gasteiger partial charge in [0.1, 0.15) is 11.4 Å². The third kappa shape index (κ3) is 4.47. The second-order valence-electron chi connectivity index (χ2n) is 6.81. The Morgan fingerprint density at radius 3 is 2.59 bits per heavy atom. The van der Waals surface area contributed by atoms with Crippen LogP contribution in [0.15, 0.2) is 9.59 Å². The summed E-state index contributed by atoms with van der Waals surface area (Å²) in [6, 6.07) is 0. The number of nitrogens with zero attached hydrogens (tertiary/aromatic N) is 3. The van der Waals surface area contributed by atoms with Gasteiger partial charge in [-0.25, -0.2) is 4.79 Å². The molecule has 27 heavy (non-hydrogen) atoms. The Bertz CT molecular complexity index is 826. The Morgan fingerprint density at radius 1 is 1.26 bits per heavy atom. The molecule has 0 spiro atoms. The molecule has 0 radical (unpaired) electrons. The number of hydrogen-bond acceptors (Lipinski definition) is 7. The molecule has 1 aromatic heterocycles. The Labute approximate surface area is 157 Å². The number of aromatic nitrogens is 2. The highest BCUT2D eigenvalue weighted by Gasteiger charge is 2.29. The smallest absolute Gasteiger partial charge is 0.332 e. The van der Waals surface area contributed by atoms with Crippen LogP contribution in [0.25, 0.3) is 0 Å². The molecule has 9 heteroatoms. The largest absolute Gasteiger partial charge is 0.466 e. The molecule has 9 nitrogen and oxygen atoms in total. The number of ketones is 1. The number of nitrogens with two attached hydrogens (primary N) is 1. The lowest BCUT2D eigenvalue weighted by Gasteiger charge is -2.30. The van der Waals surface area contributed by atoms with Gasteiger partial charge in [0.25, 0.3) is 5.56 Å². The second-order valence-corrected chi connectivity index (χ2v) is 6.81. The van der Waals surface area contributed by atoms with Crippen molar-refractivity contribution in [2.45, 2.75) is 39.7 Å². The van der Waals surface area contributed by atoms with E-state index in [0.717, 1.165) is 17.4 Å². The predicted molar refractivity (Wildman–Crippen MR) is 101 cm³/mol. The van der Waals surface area contributed by atoms with E-state index >= 15 is 0 Å². The number of likely N-dealkylation sites (tertiary alicyclic amines) is 1. The highest BCUT2D eigenvalue weighted by atomic mass is 16.5. The molecule has 1 aliphatic rings. The molecule has 1 fully saturated rings. The molecule has 0 aromatic carbocycles. The third-order valence-electron chi connectivity index (χ3n) is 4.80. The van der Waals surface area contributed by atoms with Crippen LogP contribution >= 0.6 is 0 Å². The minimum Gasteiger partial charge on any atom is -0.466 e. The van der Waals surface area contributed by atoms with E-state index in [1.807, 2.05) is 11.8 Å². The summed E-state index contributed by atoms with van der Waals surface area (Å²) < 4.78 is 7.24. The van der Waals surface area contributed by atoms with Crippen LogP contribution in [0.4, 0.5) is 5.82 Å². The van der Waals surface area contributed by atoms with E-state index in [-0.39, 0.29) is 29.8 Å². The van der Waals surface area contributed by atoms with E-state index in [4.69, 9.17) is 10.5 Å². The number of Topliss-reactive ketones (excluding diaryl/α,β-unsaturated/α-hetero) is 1. The van der Waals surface area contributed by atoms with Gasteiger partial charge in [-0.05, 0) is 32.7 Å². The first-order valence-electron chi connectivity index (χ1n) is 9.33. The average Bonchev–Trinajstić information content (AvgIpc) is 2.64. The van der Waals surface area contributed by atoms with Crippen molar-refractivity contribution >= 4 is 17.6 Å². The first-order valence-corrected chi connectivity index (χ1v) is 9.33. The molecule has 0 amide bonds. The van der Waals surface area contributed by atoms with Crippen LogP contribution in [0.1, 0.15) is 43.5 Å². The molecular weight excluding hydrogens is 352 g/mol. The van der Waals surface area contributed by atoms with Crippen molar-refractivity contribution in [2.24, 2.45) is 13.0 Å². The number of rotatable bonds is 7. The maximum atomic E-state index is 12.8. The Balaban J connectivity index is 2.24. The van der Waals surface area contributed by atoms with E-state index in [1.165, 1.54) is 11.6 Å². The molecule has 0 saturated carbocycles. The number of nitrogen functional groups attached to an aromatic ring is 1. The van der Waals surface area contributed by atoms with E-state index < -0.39 is 17.0 Å². The zero-order chi connectivity index (χ0) is 20.1. The number of ether oxygens (including phenoxy) is 1. The highest BCUT2D eigenvalue weighted by Crippen LogP contribution is 2.18. The number of piperidine rings is 1. The van der Waals surface area contributed by atoms with Crippen LogP contribution in [-0.2, 0) is 23.1 Å². The summed E-state index contributed by atoms with van der Waals surface area (Å²) >= 11 is 0. The van der Waals surface area contributed by atoms with E-state index in [0.29, 0.717) is 32.7 Å². The Hall–Kier alpha value is -2.42. The van der Waals surface area contributed by atoms with Crippen LogP contribution in [0.3, 0.4) is 0 Å². The van der Waals surface area contributed by atoms with E-state index in [1.54, 1.807) is 6.92 Å². The van der Waals surface area contributed by atoms with Crippen molar-refractivity contribution in [1.82, 2.24) is 14.0 Å². The maximum Gasteiger partial charge on any atom is 0.332 e. The van der Waals surface area contributed by atoms with Crippen molar-refractivity contribution in [3.8, 4) is 0 Å². The fourth-order valence-corrected chi connectivity index (χ4v) is 3.42. The molecule has 1 aliphatic heterocycles. The first-order chi connectivity index (χ1) is 12.8. The molecule has 0 aliphatic carbocycles. The highest BCUT2D eigenvalue weighted by molar-refractivity contribution is 6.01. The van der Waals surface area contributed by atoms with Crippen LogP contribution in [-0.4, -0.2) is 52.0 Å². The summed E-state index contributed by atoms with van der Waals surface area (Å²) in [7, 11) is 1.34. The predicted octanol–water partition coefficient (Wildman–Crippen LogP) is -0.00300. The molecule has 0 bridgehead atoms. The van der Waals surface area contributed by atoms with E-state index in [9.17, 15) is 19.2 Å². The van der Waals surface area contributed by atoms with Crippen LogP contribution in [0.5, 0.6) is 0 Å². The summed E-state index contributed by atoms with van der Waals surface area (Å²) in [5, 5.41) is 0. The van der Waals surface area contributed by atoms with Gasteiger partial charge in [0.05, 0.1) is 19.1 Å². The molecule has 1 unspecified atom stereocenters. The van der Waals surface area contributed by atoms with Gasteiger partial charge in [-0.1, -0.05) is 6.92 Å². The van der Waals surface area contributed by atoms with Crippen LogP contribution < -0.4 is 17.0 Å². The zero-order valence-electron chi connectivity index (χ0n) is 16.2. The van der Waals surface area contributed by atoms with Gasteiger partial charge in [0.15, 0.2) is 5.78 Å². The lowest BCUT2D eigenvalue weighted by Crippen LogP contribution is -2.46. The van der Waals surface area contributed by atoms with Crippen molar-refractivity contribution in [3.05, 3.63) is 26.4 Å². The van der Waals surface area contributed by atoms with Crippen LogP contribution in [0, 0.1) is 5.92 Å². The molecule has 1 saturated heterocycles. The molecule has 1 aromatic rings. The van der Waals surface area contributed by atoms with Gasteiger partial charge in [-0.2, -0.15) is 0 Å². The van der Waals surface area contributed by atoms with Gasteiger partial charge < -0.3 is 10.5 Å². The minimum atomic E-state index is -0.686. The number of anilines is 1. The monoisotopic (exact) mass is 380 g/mol. The van der Waals surface area contributed by atoms with E-state index in [2.05, 4.69) is 0 Å². The number of carbonyl (C=O) groups is 2. The molecule has 1 atom stereocenters. The quantitative estimate of drug-likeness (QED) is 0.522. The summed E-state index contributed by atoms with van der Waals surface area (Å²) in [5.41, 5.74) is 4.62. The lowest BCUT2D eigenvalue weighted by molar-refractivity contribution is -0.149. The molecule has 150 valence electrons. The van der Waals surface area contributed by atoms with Gasteiger partial charge in [0, 0.05) is 20.1 Å². The second kappa shape index (κ2) is 8.98. The number of hydrogen-bond donors (Lipinski definition) is 1. The summed E-state index contributed by atoms with van der Waals surface area (Å²) in [5.74, 6) is -1.07. The topological polar surface area (TPSA) is 117 Å². The summed E-state index contributed by atoms with van der Waals surface area (Å²) in [4.78, 5) is 51.3. The van der Waals surface area contributed by atoms with Gasteiger partial charge in [0.2, 0.25) is 0 Å². The fourth-order valence-electron chi connectivity index (χ4n) is 3.42. The minimum absolute atomic E-state index is 0.0281.